The third kappa shape index (κ3) is 4.95. The standard InChI is InChI=1S/C21H20F4N2O2S/c1-2-18(28)27-17(12-30-20(27)14-6-4-8-16(22)10-14)19(29)26-11-13-5-3-7-15(9-13)21(23,24)25/h3-10,17,20H,2,11-12H2,1H3,(H,26,29). The summed E-state index contributed by atoms with van der Waals surface area (Å²) in [6, 6.07) is 9.79. The molecule has 4 nitrogen and oxygen atoms in total. The number of carbonyl (C=O) groups excluding carboxylic acids is 2. The molecule has 2 amide bonds. The molecule has 0 spiro atoms. The van der Waals surface area contributed by atoms with Crippen LogP contribution in [0.25, 0.3) is 0 Å². The van der Waals surface area contributed by atoms with E-state index in [-0.39, 0.29) is 18.9 Å². The lowest BCUT2D eigenvalue weighted by Gasteiger charge is -2.29. The third-order valence-corrected chi connectivity index (χ3v) is 6.07. The van der Waals surface area contributed by atoms with Crippen LogP contribution in [0.1, 0.15) is 35.4 Å². The van der Waals surface area contributed by atoms with Gasteiger partial charge < -0.3 is 10.2 Å². The van der Waals surface area contributed by atoms with Crippen molar-refractivity contribution in [1.82, 2.24) is 10.2 Å². The van der Waals surface area contributed by atoms with Crippen molar-refractivity contribution in [2.75, 3.05) is 5.75 Å². The number of hydrogen-bond donors (Lipinski definition) is 1. The first-order chi connectivity index (χ1) is 14.2. The summed E-state index contributed by atoms with van der Waals surface area (Å²) in [7, 11) is 0. The lowest BCUT2D eigenvalue weighted by atomic mass is 10.1. The summed E-state index contributed by atoms with van der Waals surface area (Å²) in [4.78, 5) is 26.7. The van der Waals surface area contributed by atoms with E-state index in [0.29, 0.717) is 16.9 Å². The molecule has 0 aliphatic carbocycles. The minimum absolute atomic E-state index is 0.0945. The molecule has 1 aliphatic rings. The first-order valence-electron chi connectivity index (χ1n) is 9.32. The molecule has 30 heavy (non-hydrogen) atoms. The lowest BCUT2D eigenvalue weighted by molar-refractivity contribution is -0.139. The fraction of sp³-hybridized carbons (Fsp3) is 0.333. The number of hydrogen-bond acceptors (Lipinski definition) is 3. The van der Waals surface area contributed by atoms with Crippen molar-refractivity contribution in [2.24, 2.45) is 0 Å². The van der Waals surface area contributed by atoms with Gasteiger partial charge in [-0.1, -0.05) is 31.2 Å². The molecule has 9 heteroatoms. The molecule has 2 aromatic carbocycles. The van der Waals surface area contributed by atoms with E-state index >= 15 is 0 Å². The zero-order chi connectivity index (χ0) is 21.9. The number of thioether (sulfide) groups is 1. The smallest absolute Gasteiger partial charge is 0.350 e. The Kier molecular flexibility index (Phi) is 6.70. The summed E-state index contributed by atoms with van der Waals surface area (Å²) in [5, 5.41) is 2.12. The highest BCUT2D eigenvalue weighted by molar-refractivity contribution is 7.99. The van der Waals surface area contributed by atoms with Gasteiger partial charge >= 0.3 is 6.18 Å². The van der Waals surface area contributed by atoms with E-state index in [4.69, 9.17) is 0 Å². The highest BCUT2D eigenvalue weighted by Crippen LogP contribution is 2.42. The predicted octanol–water partition coefficient (Wildman–Crippen LogP) is 4.51. The number of halogens is 4. The minimum atomic E-state index is -4.47. The van der Waals surface area contributed by atoms with Crippen molar-refractivity contribution in [1.29, 1.82) is 0 Å². The van der Waals surface area contributed by atoms with Crippen molar-refractivity contribution >= 4 is 23.6 Å². The number of benzene rings is 2. The van der Waals surface area contributed by atoms with Crippen molar-refractivity contribution in [3.8, 4) is 0 Å². The molecule has 0 bridgehead atoms. The molecular weight excluding hydrogens is 420 g/mol. The first kappa shape index (κ1) is 22.1. The van der Waals surface area contributed by atoms with Gasteiger partial charge in [-0.2, -0.15) is 13.2 Å². The van der Waals surface area contributed by atoms with Crippen LogP contribution in [0.3, 0.4) is 0 Å². The summed E-state index contributed by atoms with van der Waals surface area (Å²) < 4.78 is 52.2. The van der Waals surface area contributed by atoms with E-state index in [1.165, 1.54) is 40.9 Å². The van der Waals surface area contributed by atoms with Gasteiger partial charge in [0.2, 0.25) is 11.8 Å². The molecule has 2 aromatic rings. The van der Waals surface area contributed by atoms with Gasteiger partial charge in [0.05, 0.1) is 5.56 Å². The maximum Gasteiger partial charge on any atom is 0.416 e. The van der Waals surface area contributed by atoms with Crippen LogP contribution < -0.4 is 5.32 Å². The van der Waals surface area contributed by atoms with Gasteiger partial charge in [0.15, 0.2) is 0 Å². The summed E-state index contributed by atoms with van der Waals surface area (Å²) >= 11 is 1.35. The van der Waals surface area contributed by atoms with Gasteiger partial charge in [0.25, 0.3) is 0 Å². The minimum Gasteiger partial charge on any atom is -0.350 e. The van der Waals surface area contributed by atoms with Gasteiger partial charge in [-0.15, -0.1) is 11.8 Å². The molecule has 1 heterocycles. The zero-order valence-corrected chi connectivity index (χ0v) is 16.9. The fourth-order valence-corrected chi connectivity index (χ4v) is 4.72. The van der Waals surface area contributed by atoms with Crippen LogP contribution in [0.5, 0.6) is 0 Å². The number of rotatable bonds is 5. The van der Waals surface area contributed by atoms with Crippen LogP contribution in [-0.2, 0) is 22.3 Å². The normalized spacial score (nSPS) is 19.0. The van der Waals surface area contributed by atoms with E-state index < -0.39 is 34.9 Å². The predicted molar refractivity (Wildman–Crippen MR) is 106 cm³/mol. The third-order valence-electron chi connectivity index (χ3n) is 4.75. The number of carbonyl (C=O) groups is 2. The summed E-state index contributed by atoms with van der Waals surface area (Å²) in [5.74, 6) is -0.843. The van der Waals surface area contributed by atoms with E-state index in [2.05, 4.69) is 5.32 Å². The van der Waals surface area contributed by atoms with E-state index in [9.17, 15) is 27.2 Å². The van der Waals surface area contributed by atoms with Gasteiger partial charge in [0, 0.05) is 18.7 Å². The maximum atomic E-state index is 13.6. The Morgan fingerprint density at radius 1 is 1.17 bits per heavy atom. The second kappa shape index (κ2) is 9.07. The number of nitrogens with one attached hydrogen (secondary N) is 1. The largest absolute Gasteiger partial charge is 0.416 e. The molecule has 1 fully saturated rings. The second-order valence-corrected chi connectivity index (χ2v) is 7.94. The topological polar surface area (TPSA) is 49.4 Å². The van der Waals surface area contributed by atoms with Gasteiger partial charge in [0.1, 0.15) is 17.2 Å². The number of alkyl halides is 3. The summed E-state index contributed by atoms with van der Waals surface area (Å²) in [6.07, 6.45) is -4.30. The molecule has 1 N–H and O–H groups in total. The SMILES string of the molecule is CCC(=O)N1C(C(=O)NCc2cccc(C(F)(F)F)c2)CSC1c1cccc(F)c1. The Bertz CT molecular complexity index is 935. The van der Waals surface area contributed by atoms with Crippen molar-refractivity contribution < 1.29 is 27.2 Å². The average Bonchev–Trinajstić information content (AvgIpc) is 3.16. The first-order valence-corrected chi connectivity index (χ1v) is 10.4. The fourth-order valence-electron chi connectivity index (χ4n) is 3.28. The summed E-state index contributed by atoms with van der Waals surface area (Å²) in [6.45, 7) is 1.58. The molecule has 0 aromatic heterocycles. The van der Waals surface area contributed by atoms with Gasteiger partial charge in [-0.05, 0) is 35.4 Å². The molecule has 160 valence electrons. The van der Waals surface area contributed by atoms with Crippen LogP contribution in [-0.4, -0.2) is 28.5 Å². The quantitative estimate of drug-likeness (QED) is 0.696. The zero-order valence-electron chi connectivity index (χ0n) is 16.1. The van der Waals surface area contributed by atoms with E-state index in [1.807, 2.05) is 0 Å². The summed E-state index contributed by atoms with van der Waals surface area (Å²) in [5.41, 5.74) is 0.0912. The van der Waals surface area contributed by atoms with E-state index in [1.54, 1.807) is 19.1 Å². The molecule has 1 saturated heterocycles. The Balaban J connectivity index is 1.74. The van der Waals surface area contributed by atoms with Gasteiger partial charge in [-0.3, -0.25) is 9.59 Å². The van der Waals surface area contributed by atoms with Crippen molar-refractivity contribution in [3.05, 3.63) is 71.0 Å². The molecule has 2 atom stereocenters. The molecule has 0 saturated carbocycles. The molecule has 2 unspecified atom stereocenters. The Labute approximate surface area is 175 Å². The molecular formula is C21H20F4N2O2S. The Morgan fingerprint density at radius 2 is 1.90 bits per heavy atom. The van der Waals surface area contributed by atoms with Crippen molar-refractivity contribution in [2.45, 2.75) is 37.5 Å². The average molecular weight is 440 g/mol. The number of nitrogens with zero attached hydrogens (tertiary/aromatic N) is 1. The second-order valence-electron chi connectivity index (χ2n) is 6.83. The molecule has 1 aliphatic heterocycles. The van der Waals surface area contributed by atoms with E-state index in [0.717, 1.165) is 12.1 Å². The van der Waals surface area contributed by atoms with Crippen LogP contribution in [0.2, 0.25) is 0 Å². The van der Waals surface area contributed by atoms with Crippen LogP contribution >= 0.6 is 11.8 Å². The Hall–Kier alpha value is -2.55. The highest BCUT2D eigenvalue weighted by atomic mass is 32.2. The van der Waals surface area contributed by atoms with Crippen molar-refractivity contribution in [3.63, 3.8) is 0 Å². The lowest BCUT2D eigenvalue weighted by Crippen LogP contribution is -2.47. The number of amides is 2. The van der Waals surface area contributed by atoms with Crippen LogP contribution in [0.4, 0.5) is 17.6 Å². The monoisotopic (exact) mass is 440 g/mol. The van der Waals surface area contributed by atoms with Gasteiger partial charge in [-0.25, -0.2) is 4.39 Å². The molecule has 0 radical (unpaired) electrons. The van der Waals surface area contributed by atoms with Crippen LogP contribution in [0, 0.1) is 5.82 Å². The molecule has 3 rings (SSSR count). The van der Waals surface area contributed by atoms with Crippen LogP contribution in [0.15, 0.2) is 48.5 Å². The maximum absolute atomic E-state index is 13.6. The Morgan fingerprint density at radius 3 is 2.57 bits per heavy atom. The highest BCUT2D eigenvalue weighted by Gasteiger charge is 2.41.